The molecule has 0 spiro atoms. The first-order chi connectivity index (χ1) is 18.8. The fourth-order valence-electron chi connectivity index (χ4n) is 5.93. The van der Waals surface area contributed by atoms with Crippen molar-refractivity contribution < 1.29 is 13.6 Å². The van der Waals surface area contributed by atoms with Crippen molar-refractivity contribution in [1.82, 2.24) is 29.3 Å². The Morgan fingerprint density at radius 3 is 2.67 bits per heavy atom. The highest BCUT2D eigenvalue weighted by atomic mass is 19.1. The van der Waals surface area contributed by atoms with Crippen LogP contribution in [-0.4, -0.2) is 67.4 Å². The highest BCUT2D eigenvalue weighted by molar-refractivity contribution is 5.94. The summed E-state index contributed by atoms with van der Waals surface area (Å²) in [6.45, 7) is 9.46. The number of hydrogen-bond acceptors (Lipinski definition) is 6. The number of hydrogen-bond donors (Lipinski definition) is 1. The molecule has 0 saturated carbocycles. The summed E-state index contributed by atoms with van der Waals surface area (Å²) in [6.07, 6.45) is 4.91. The van der Waals surface area contributed by atoms with E-state index in [9.17, 15) is 9.18 Å². The number of nitrogens with zero attached hydrogens (tertiary/aromatic N) is 6. The van der Waals surface area contributed by atoms with Crippen LogP contribution in [-0.2, 0) is 0 Å². The molecule has 3 aromatic heterocycles. The molecule has 10 heteroatoms. The largest absolute Gasteiger partial charge is 0.342 e. The Morgan fingerprint density at radius 1 is 1.05 bits per heavy atom. The van der Waals surface area contributed by atoms with E-state index in [0.717, 1.165) is 44.5 Å². The number of piperazine rings is 1. The Hall–Kier alpha value is -3.92. The molecule has 1 N–H and O–H groups in total. The van der Waals surface area contributed by atoms with E-state index in [1.807, 2.05) is 30.2 Å². The van der Waals surface area contributed by atoms with Gasteiger partial charge in [0.25, 0.3) is 5.91 Å². The smallest absolute Gasteiger partial charge is 0.255 e. The van der Waals surface area contributed by atoms with E-state index in [2.05, 4.69) is 25.2 Å². The summed E-state index contributed by atoms with van der Waals surface area (Å²) < 4.78 is 31.9. The standard InChI is InChI=1S/C29H31F2N7O/c1-17(2)38-18(3)11-22-23(30)12-20(13-25(22)38)27-24(31)15-33-29(35-27)34-26-7-6-19(14-32-26)28(39)37-10-9-36-8-4-5-21(36)16-37/h6-7,11-15,17,21H,4-5,8-10,16H2,1-3H3,(H,32,33,34,35). The van der Waals surface area contributed by atoms with Crippen molar-refractivity contribution in [3.63, 3.8) is 0 Å². The summed E-state index contributed by atoms with van der Waals surface area (Å²) in [6, 6.07) is 8.81. The first kappa shape index (κ1) is 25.4. The lowest BCUT2D eigenvalue weighted by Gasteiger charge is -2.37. The fourth-order valence-corrected chi connectivity index (χ4v) is 5.93. The fraction of sp³-hybridized carbons (Fsp3) is 0.379. The van der Waals surface area contributed by atoms with Crippen LogP contribution < -0.4 is 5.32 Å². The van der Waals surface area contributed by atoms with Crippen molar-refractivity contribution >= 4 is 28.6 Å². The molecule has 1 aromatic carbocycles. The van der Waals surface area contributed by atoms with Crippen LogP contribution >= 0.6 is 0 Å². The van der Waals surface area contributed by atoms with Crippen molar-refractivity contribution in [2.75, 3.05) is 31.5 Å². The predicted molar refractivity (Wildman–Crippen MR) is 146 cm³/mol. The van der Waals surface area contributed by atoms with Crippen LogP contribution in [0.1, 0.15) is 48.8 Å². The van der Waals surface area contributed by atoms with E-state index >= 15 is 4.39 Å². The van der Waals surface area contributed by atoms with E-state index in [0.29, 0.717) is 33.9 Å². The number of carbonyl (C=O) groups excluding carboxylic acids is 1. The molecule has 6 rings (SSSR count). The molecule has 1 amide bonds. The number of amides is 1. The maximum Gasteiger partial charge on any atom is 0.255 e. The number of pyridine rings is 1. The third-order valence-corrected chi connectivity index (χ3v) is 7.76. The molecule has 202 valence electrons. The van der Waals surface area contributed by atoms with Gasteiger partial charge < -0.3 is 14.8 Å². The van der Waals surface area contributed by atoms with E-state index in [1.54, 1.807) is 24.3 Å². The van der Waals surface area contributed by atoms with Crippen molar-refractivity contribution in [2.24, 2.45) is 0 Å². The minimum absolute atomic E-state index is 0.0136. The molecule has 0 radical (unpaired) electrons. The van der Waals surface area contributed by atoms with Gasteiger partial charge in [0.2, 0.25) is 5.95 Å². The number of benzene rings is 1. The van der Waals surface area contributed by atoms with Crippen LogP contribution in [0.25, 0.3) is 22.2 Å². The lowest BCUT2D eigenvalue weighted by atomic mass is 10.1. The normalized spacial score (nSPS) is 17.7. The molecule has 2 saturated heterocycles. The van der Waals surface area contributed by atoms with Crippen molar-refractivity contribution in [1.29, 1.82) is 0 Å². The minimum Gasteiger partial charge on any atom is -0.342 e. The Morgan fingerprint density at radius 2 is 1.90 bits per heavy atom. The van der Waals surface area contributed by atoms with Crippen LogP contribution in [0.5, 0.6) is 0 Å². The van der Waals surface area contributed by atoms with Crippen LogP contribution in [0.4, 0.5) is 20.5 Å². The van der Waals surface area contributed by atoms with Crippen LogP contribution in [0.15, 0.2) is 42.7 Å². The van der Waals surface area contributed by atoms with Gasteiger partial charge in [-0.1, -0.05) is 0 Å². The molecule has 8 nitrogen and oxygen atoms in total. The molecule has 4 aromatic rings. The number of halogens is 2. The number of fused-ring (bicyclic) bond motifs is 2. The van der Waals surface area contributed by atoms with E-state index < -0.39 is 11.6 Å². The zero-order valence-electron chi connectivity index (χ0n) is 22.3. The van der Waals surface area contributed by atoms with Gasteiger partial charge in [-0.2, -0.15) is 0 Å². The second-order valence-corrected chi connectivity index (χ2v) is 10.7. The highest BCUT2D eigenvalue weighted by Gasteiger charge is 2.32. The maximum atomic E-state index is 15.0. The van der Waals surface area contributed by atoms with Crippen LogP contribution in [0.2, 0.25) is 0 Å². The van der Waals surface area contributed by atoms with Gasteiger partial charge in [-0.15, -0.1) is 0 Å². The summed E-state index contributed by atoms with van der Waals surface area (Å²) >= 11 is 0. The van der Waals surface area contributed by atoms with Gasteiger partial charge in [-0.25, -0.2) is 23.7 Å². The molecule has 0 aliphatic carbocycles. The number of anilines is 2. The van der Waals surface area contributed by atoms with Gasteiger partial charge in [0.15, 0.2) is 5.82 Å². The summed E-state index contributed by atoms with van der Waals surface area (Å²) in [5.74, 6) is -0.592. The molecule has 2 aliphatic heterocycles. The molecule has 1 unspecified atom stereocenters. The van der Waals surface area contributed by atoms with Gasteiger partial charge in [0, 0.05) is 54.6 Å². The number of rotatable bonds is 5. The number of carbonyl (C=O) groups is 1. The van der Waals surface area contributed by atoms with Gasteiger partial charge in [-0.05, 0) is 70.5 Å². The van der Waals surface area contributed by atoms with Gasteiger partial charge in [0.05, 0.1) is 17.3 Å². The monoisotopic (exact) mass is 531 g/mol. The average Bonchev–Trinajstić information content (AvgIpc) is 3.53. The molecule has 2 aliphatic rings. The Balaban J connectivity index is 1.22. The van der Waals surface area contributed by atoms with E-state index in [-0.39, 0.29) is 23.6 Å². The summed E-state index contributed by atoms with van der Waals surface area (Å²) in [4.78, 5) is 30.1. The zero-order valence-corrected chi connectivity index (χ0v) is 22.3. The van der Waals surface area contributed by atoms with Crippen LogP contribution in [0, 0.1) is 18.6 Å². The number of aryl methyl sites for hydroxylation is 1. The molecule has 5 heterocycles. The quantitative estimate of drug-likeness (QED) is 0.375. The van der Waals surface area contributed by atoms with Gasteiger partial charge >= 0.3 is 0 Å². The summed E-state index contributed by atoms with van der Waals surface area (Å²) in [5.41, 5.74) is 2.43. The first-order valence-electron chi connectivity index (χ1n) is 13.4. The SMILES string of the molecule is Cc1cc2c(F)cc(-c3nc(Nc4ccc(C(=O)N5CCN6CCCC6C5)cn4)ncc3F)cc2n1C(C)C. The lowest BCUT2D eigenvalue weighted by Crippen LogP contribution is -2.52. The topological polar surface area (TPSA) is 79.2 Å². The van der Waals surface area contributed by atoms with Crippen molar-refractivity contribution in [3.05, 3.63) is 65.6 Å². The maximum absolute atomic E-state index is 15.0. The minimum atomic E-state index is -0.657. The van der Waals surface area contributed by atoms with Crippen molar-refractivity contribution in [2.45, 2.75) is 45.7 Å². The second-order valence-electron chi connectivity index (χ2n) is 10.7. The van der Waals surface area contributed by atoms with Gasteiger partial charge in [0.1, 0.15) is 17.3 Å². The third kappa shape index (κ3) is 4.73. The predicted octanol–water partition coefficient (Wildman–Crippen LogP) is 5.32. The number of nitrogens with one attached hydrogen (secondary N) is 1. The second kappa shape index (κ2) is 10.00. The molecule has 1 atom stereocenters. The van der Waals surface area contributed by atoms with Gasteiger partial charge in [-0.3, -0.25) is 9.69 Å². The zero-order chi connectivity index (χ0) is 27.3. The Kier molecular flexibility index (Phi) is 6.50. The summed E-state index contributed by atoms with van der Waals surface area (Å²) in [5, 5.41) is 3.46. The third-order valence-electron chi connectivity index (χ3n) is 7.76. The first-order valence-corrected chi connectivity index (χ1v) is 13.4. The van der Waals surface area contributed by atoms with Crippen molar-refractivity contribution in [3.8, 4) is 11.3 Å². The lowest BCUT2D eigenvalue weighted by molar-refractivity contribution is 0.0571. The molecule has 2 fully saturated rings. The van der Waals surface area contributed by atoms with E-state index in [1.165, 1.54) is 18.7 Å². The summed E-state index contributed by atoms with van der Waals surface area (Å²) in [7, 11) is 0. The Bertz CT molecular complexity index is 1550. The number of aromatic nitrogens is 4. The molecule has 0 bridgehead atoms. The molecular formula is C29H31F2N7O. The molecule has 39 heavy (non-hydrogen) atoms. The highest BCUT2D eigenvalue weighted by Crippen LogP contribution is 2.32. The van der Waals surface area contributed by atoms with E-state index in [4.69, 9.17) is 0 Å². The molecular weight excluding hydrogens is 500 g/mol. The Labute approximate surface area is 225 Å². The average molecular weight is 532 g/mol. The van der Waals surface area contributed by atoms with Crippen LogP contribution in [0.3, 0.4) is 0 Å².